The predicted octanol–water partition coefficient (Wildman–Crippen LogP) is 8.40. The molecule has 3 aliphatic rings. The molecule has 2 atom stereocenters. The van der Waals surface area contributed by atoms with Crippen LogP contribution in [0.1, 0.15) is 41.8 Å². The summed E-state index contributed by atoms with van der Waals surface area (Å²) in [6.45, 7) is 2.10. The molecule has 0 bridgehead atoms. The minimum atomic E-state index is -0.0322. The van der Waals surface area contributed by atoms with Gasteiger partial charge in [-0.1, -0.05) is 97.1 Å². The molecule has 4 aromatic carbocycles. The van der Waals surface area contributed by atoms with Crippen LogP contribution >= 0.6 is 0 Å². The largest absolute Gasteiger partial charge is 0.324 e. The van der Waals surface area contributed by atoms with Crippen molar-refractivity contribution in [3.63, 3.8) is 0 Å². The van der Waals surface area contributed by atoms with Crippen molar-refractivity contribution in [2.45, 2.75) is 31.7 Å². The van der Waals surface area contributed by atoms with Gasteiger partial charge in [-0.15, -0.1) is 0 Å². The molecule has 0 saturated carbocycles. The standard InChI is InChI=1S/C35H28N2/c1-2-8-27-30(36)19-17-26-23-11-5-6-14-31(23)37(35(26)27)32-20-18-29-33-22-10-4-3-9-21(22)15-16-25(33)24-12-7-13-28(32)34(24)29/h2-5,7-13,15-20,27,30H,6,14,36H2,1H3/b8-2-. The Balaban J connectivity index is 1.47. The predicted molar refractivity (Wildman–Crippen MR) is 157 cm³/mol. The normalized spacial score (nSPS) is 19.1. The Labute approximate surface area is 217 Å². The zero-order valence-electron chi connectivity index (χ0n) is 20.9. The molecule has 8 rings (SSSR count). The summed E-state index contributed by atoms with van der Waals surface area (Å²) in [4.78, 5) is 0. The van der Waals surface area contributed by atoms with Gasteiger partial charge in [0.2, 0.25) is 0 Å². The van der Waals surface area contributed by atoms with Gasteiger partial charge in [0.05, 0.1) is 5.69 Å². The lowest BCUT2D eigenvalue weighted by atomic mass is 9.86. The average Bonchev–Trinajstić information content (AvgIpc) is 3.45. The minimum Gasteiger partial charge on any atom is -0.324 e. The molecule has 0 saturated heterocycles. The van der Waals surface area contributed by atoms with Crippen LogP contribution in [0.25, 0.3) is 61.6 Å². The van der Waals surface area contributed by atoms with E-state index in [4.69, 9.17) is 5.73 Å². The molecule has 0 aliphatic heterocycles. The molecule has 178 valence electrons. The van der Waals surface area contributed by atoms with Crippen LogP contribution in [-0.4, -0.2) is 10.6 Å². The second kappa shape index (κ2) is 7.68. The lowest BCUT2D eigenvalue weighted by Crippen LogP contribution is -2.29. The van der Waals surface area contributed by atoms with E-state index < -0.39 is 0 Å². The molecule has 1 heterocycles. The summed E-state index contributed by atoms with van der Waals surface area (Å²) in [7, 11) is 0. The Hall–Kier alpha value is -4.14. The number of rotatable bonds is 2. The Morgan fingerprint density at radius 2 is 1.70 bits per heavy atom. The van der Waals surface area contributed by atoms with E-state index in [1.54, 1.807) is 0 Å². The summed E-state index contributed by atoms with van der Waals surface area (Å²) in [5.41, 5.74) is 18.8. The van der Waals surface area contributed by atoms with Gasteiger partial charge in [-0.05, 0) is 64.2 Å². The highest BCUT2D eigenvalue weighted by molar-refractivity contribution is 6.22. The topological polar surface area (TPSA) is 30.9 Å². The summed E-state index contributed by atoms with van der Waals surface area (Å²) in [6, 6.07) is 24.9. The van der Waals surface area contributed by atoms with Gasteiger partial charge in [-0.25, -0.2) is 0 Å². The first-order valence-electron chi connectivity index (χ1n) is 13.4. The van der Waals surface area contributed by atoms with E-state index in [1.807, 2.05) is 0 Å². The van der Waals surface area contributed by atoms with E-state index in [1.165, 1.54) is 72.0 Å². The molecule has 0 spiro atoms. The Bertz CT molecular complexity index is 1860. The van der Waals surface area contributed by atoms with Crippen molar-refractivity contribution in [2.24, 2.45) is 5.73 Å². The van der Waals surface area contributed by atoms with Gasteiger partial charge in [-0.3, -0.25) is 0 Å². The second-order valence-electron chi connectivity index (χ2n) is 10.5. The Morgan fingerprint density at radius 1 is 0.838 bits per heavy atom. The monoisotopic (exact) mass is 476 g/mol. The smallest absolute Gasteiger partial charge is 0.0535 e. The number of hydrogen-bond donors (Lipinski definition) is 1. The van der Waals surface area contributed by atoms with Crippen LogP contribution in [0.15, 0.2) is 91.0 Å². The number of fused-ring (bicyclic) bond motifs is 8. The first-order chi connectivity index (χ1) is 18.3. The molecule has 5 aromatic rings. The lowest BCUT2D eigenvalue weighted by Gasteiger charge is -2.26. The van der Waals surface area contributed by atoms with Crippen molar-refractivity contribution < 1.29 is 0 Å². The zero-order valence-corrected chi connectivity index (χ0v) is 20.9. The maximum atomic E-state index is 6.70. The molecular weight excluding hydrogens is 448 g/mol. The zero-order chi connectivity index (χ0) is 24.7. The van der Waals surface area contributed by atoms with Gasteiger partial charge >= 0.3 is 0 Å². The van der Waals surface area contributed by atoms with Crippen LogP contribution in [0.3, 0.4) is 0 Å². The van der Waals surface area contributed by atoms with Gasteiger partial charge in [-0.2, -0.15) is 0 Å². The molecule has 37 heavy (non-hydrogen) atoms. The molecule has 0 radical (unpaired) electrons. The number of hydrogen-bond acceptors (Lipinski definition) is 1. The van der Waals surface area contributed by atoms with E-state index >= 15 is 0 Å². The fourth-order valence-electron chi connectivity index (χ4n) is 7.05. The maximum absolute atomic E-state index is 6.70. The van der Waals surface area contributed by atoms with Crippen LogP contribution in [0, 0.1) is 0 Å². The summed E-state index contributed by atoms with van der Waals surface area (Å²) >= 11 is 0. The minimum absolute atomic E-state index is 0.0322. The van der Waals surface area contributed by atoms with Crippen molar-refractivity contribution in [1.29, 1.82) is 0 Å². The number of aromatic nitrogens is 1. The second-order valence-corrected chi connectivity index (χ2v) is 10.5. The molecule has 3 aliphatic carbocycles. The van der Waals surface area contributed by atoms with Crippen LogP contribution in [-0.2, 0) is 6.42 Å². The quantitative estimate of drug-likeness (QED) is 0.250. The summed E-state index contributed by atoms with van der Waals surface area (Å²) in [6.07, 6.45) is 15.6. The molecule has 0 amide bonds. The summed E-state index contributed by atoms with van der Waals surface area (Å²) in [5.74, 6) is 0.146. The van der Waals surface area contributed by atoms with Crippen LogP contribution in [0.2, 0.25) is 0 Å². The molecule has 2 heteroatoms. The van der Waals surface area contributed by atoms with E-state index in [0.717, 1.165) is 12.8 Å². The van der Waals surface area contributed by atoms with E-state index in [-0.39, 0.29) is 12.0 Å². The van der Waals surface area contributed by atoms with Gasteiger partial charge in [0, 0.05) is 39.9 Å². The van der Waals surface area contributed by atoms with Crippen molar-refractivity contribution in [3.05, 3.63) is 114 Å². The first-order valence-corrected chi connectivity index (χ1v) is 13.4. The van der Waals surface area contributed by atoms with E-state index in [9.17, 15) is 0 Å². The van der Waals surface area contributed by atoms with E-state index in [0.29, 0.717) is 0 Å². The fourth-order valence-corrected chi connectivity index (χ4v) is 7.05. The van der Waals surface area contributed by atoms with E-state index in [2.05, 4.69) is 115 Å². The van der Waals surface area contributed by atoms with Crippen molar-refractivity contribution >= 4 is 33.7 Å². The maximum Gasteiger partial charge on any atom is 0.0535 e. The first kappa shape index (κ1) is 21.0. The summed E-state index contributed by atoms with van der Waals surface area (Å²) in [5, 5.41) is 5.30. The van der Waals surface area contributed by atoms with Gasteiger partial charge in [0.15, 0.2) is 0 Å². The van der Waals surface area contributed by atoms with Crippen LogP contribution < -0.4 is 5.73 Å². The average molecular weight is 477 g/mol. The fraction of sp³-hybridized carbons (Fsp3) is 0.143. The van der Waals surface area contributed by atoms with Crippen molar-refractivity contribution in [3.8, 4) is 27.9 Å². The van der Waals surface area contributed by atoms with Crippen molar-refractivity contribution in [1.82, 2.24) is 4.57 Å². The highest BCUT2D eigenvalue weighted by Crippen LogP contribution is 2.52. The molecule has 0 fully saturated rings. The Morgan fingerprint density at radius 3 is 2.62 bits per heavy atom. The third-order valence-electron chi connectivity index (χ3n) is 8.58. The highest BCUT2D eigenvalue weighted by atomic mass is 15.0. The summed E-state index contributed by atoms with van der Waals surface area (Å²) < 4.78 is 2.56. The SMILES string of the molecule is C/C=C\C1c2c(c3c(n2-c2ccc4c5c(cccc25)-c2ccc5ccccc5c2-4)CCC=C3)C=CC1N. The van der Waals surface area contributed by atoms with Crippen LogP contribution in [0.5, 0.6) is 0 Å². The third-order valence-corrected chi connectivity index (χ3v) is 8.58. The Kier molecular flexibility index (Phi) is 4.36. The number of nitrogens with zero attached hydrogens (tertiary/aromatic N) is 1. The molecule has 2 N–H and O–H groups in total. The van der Waals surface area contributed by atoms with Crippen molar-refractivity contribution in [2.75, 3.05) is 0 Å². The molecule has 1 aromatic heterocycles. The van der Waals surface area contributed by atoms with Crippen LogP contribution in [0.4, 0.5) is 0 Å². The molecule has 2 unspecified atom stereocenters. The highest BCUT2D eigenvalue weighted by Gasteiger charge is 2.33. The lowest BCUT2D eigenvalue weighted by molar-refractivity contribution is 0.671. The van der Waals surface area contributed by atoms with Gasteiger partial charge in [0.1, 0.15) is 0 Å². The van der Waals surface area contributed by atoms with Gasteiger partial charge in [0.25, 0.3) is 0 Å². The number of nitrogens with two attached hydrogens (primary N) is 1. The molecular formula is C35H28N2. The number of benzene rings is 4. The van der Waals surface area contributed by atoms with Gasteiger partial charge < -0.3 is 10.3 Å². The molecule has 2 nitrogen and oxygen atoms in total. The number of allylic oxidation sites excluding steroid dienone is 2. The third kappa shape index (κ3) is 2.74.